The van der Waals surface area contributed by atoms with E-state index in [0.29, 0.717) is 24.7 Å². The zero-order valence-corrected chi connectivity index (χ0v) is 15.1. The van der Waals surface area contributed by atoms with Crippen LogP contribution in [-0.2, 0) is 6.54 Å². The molecule has 7 heteroatoms. The largest absolute Gasteiger partial charge is 0.492 e. The summed E-state index contributed by atoms with van der Waals surface area (Å²) in [6.45, 7) is 5.96. The third-order valence-corrected chi connectivity index (χ3v) is 4.51. The Balaban J connectivity index is 1.69. The van der Waals surface area contributed by atoms with Crippen molar-refractivity contribution in [3.8, 4) is 5.75 Å². The number of nitrogens with one attached hydrogen (secondary N) is 2. The molecular weight excluding hydrogens is 332 g/mol. The molecule has 1 aromatic carbocycles. The molecule has 0 spiro atoms. The van der Waals surface area contributed by atoms with Gasteiger partial charge in [-0.2, -0.15) is 0 Å². The fourth-order valence-electron chi connectivity index (χ4n) is 1.86. The molecule has 0 amide bonds. The first-order valence-corrected chi connectivity index (χ1v) is 8.53. The highest BCUT2D eigenvalue weighted by Gasteiger charge is 2.04. The minimum absolute atomic E-state index is 0.539. The average molecular weight is 353 g/mol. The van der Waals surface area contributed by atoms with Crippen molar-refractivity contribution in [1.82, 2.24) is 15.6 Å². The third kappa shape index (κ3) is 5.73. The molecule has 0 saturated carbocycles. The quantitative estimate of drug-likeness (QED) is 0.476. The van der Waals surface area contributed by atoms with Gasteiger partial charge in [0.2, 0.25) is 0 Å². The zero-order valence-electron chi connectivity index (χ0n) is 13.5. The molecule has 5 nitrogen and oxygen atoms in total. The SMILES string of the molecule is CN=C(NCCOc1ccc(Cl)cc1)NCc1nc(C)c(C)s1. The van der Waals surface area contributed by atoms with Crippen molar-refractivity contribution in [3.05, 3.63) is 44.9 Å². The highest BCUT2D eigenvalue weighted by molar-refractivity contribution is 7.11. The van der Waals surface area contributed by atoms with Gasteiger partial charge in [0.15, 0.2) is 5.96 Å². The van der Waals surface area contributed by atoms with Crippen molar-refractivity contribution in [2.24, 2.45) is 4.99 Å². The van der Waals surface area contributed by atoms with Crippen molar-refractivity contribution in [3.63, 3.8) is 0 Å². The van der Waals surface area contributed by atoms with Crippen molar-refractivity contribution in [2.45, 2.75) is 20.4 Å². The number of halogens is 1. The standard InChI is InChI=1S/C16H21ClN4OS/c1-11-12(2)23-15(21-11)10-20-16(18-3)19-8-9-22-14-6-4-13(17)5-7-14/h4-7H,8-10H2,1-3H3,(H2,18,19,20). The highest BCUT2D eigenvalue weighted by atomic mass is 35.5. The number of nitrogens with zero attached hydrogens (tertiary/aromatic N) is 2. The highest BCUT2D eigenvalue weighted by Crippen LogP contribution is 2.16. The van der Waals surface area contributed by atoms with E-state index >= 15 is 0 Å². The molecule has 124 valence electrons. The molecule has 2 N–H and O–H groups in total. The van der Waals surface area contributed by atoms with Gasteiger partial charge in [0.05, 0.1) is 18.8 Å². The second-order valence-corrected chi connectivity index (χ2v) is 6.63. The fourth-order valence-corrected chi connectivity index (χ4v) is 2.86. The van der Waals surface area contributed by atoms with Crippen LogP contribution in [0, 0.1) is 13.8 Å². The van der Waals surface area contributed by atoms with Crippen molar-refractivity contribution < 1.29 is 4.74 Å². The van der Waals surface area contributed by atoms with Gasteiger partial charge < -0.3 is 15.4 Å². The Kier molecular flexibility index (Phi) is 6.67. The van der Waals surface area contributed by atoms with Crippen LogP contribution in [-0.4, -0.2) is 31.1 Å². The Morgan fingerprint density at radius 3 is 2.61 bits per heavy atom. The third-order valence-electron chi connectivity index (χ3n) is 3.18. The summed E-state index contributed by atoms with van der Waals surface area (Å²) in [6, 6.07) is 7.32. The lowest BCUT2D eigenvalue weighted by Gasteiger charge is -2.11. The summed E-state index contributed by atoms with van der Waals surface area (Å²) in [5.74, 6) is 1.53. The predicted molar refractivity (Wildman–Crippen MR) is 96.7 cm³/mol. The minimum Gasteiger partial charge on any atom is -0.492 e. The number of benzene rings is 1. The lowest BCUT2D eigenvalue weighted by atomic mass is 10.3. The fraction of sp³-hybridized carbons (Fsp3) is 0.375. The van der Waals surface area contributed by atoms with Crippen molar-refractivity contribution >= 4 is 28.9 Å². The number of rotatable bonds is 6. The van der Waals surface area contributed by atoms with Crippen LogP contribution in [0.3, 0.4) is 0 Å². The first kappa shape index (κ1) is 17.6. The Morgan fingerprint density at radius 2 is 2.00 bits per heavy atom. The van der Waals surface area contributed by atoms with E-state index in [1.807, 2.05) is 31.2 Å². The number of aryl methyl sites for hydroxylation is 2. The van der Waals surface area contributed by atoms with E-state index in [4.69, 9.17) is 16.3 Å². The van der Waals surface area contributed by atoms with Gasteiger partial charge in [-0.25, -0.2) is 4.98 Å². The number of aromatic nitrogens is 1. The maximum Gasteiger partial charge on any atom is 0.191 e. The van der Waals surface area contributed by atoms with Crippen LogP contribution in [0.15, 0.2) is 29.3 Å². The molecule has 0 radical (unpaired) electrons. The Hall–Kier alpha value is -1.79. The Bertz CT molecular complexity index is 635. The molecule has 2 rings (SSSR count). The second kappa shape index (κ2) is 8.74. The summed E-state index contributed by atoms with van der Waals surface area (Å²) in [6.07, 6.45) is 0. The number of hydrogen-bond donors (Lipinski definition) is 2. The summed E-state index contributed by atoms with van der Waals surface area (Å²) in [5.41, 5.74) is 1.09. The van der Waals surface area contributed by atoms with Gasteiger partial charge in [-0.3, -0.25) is 4.99 Å². The maximum absolute atomic E-state index is 5.83. The van der Waals surface area contributed by atoms with Gasteiger partial charge in [-0.05, 0) is 38.1 Å². The van der Waals surface area contributed by atoms with Crippen LogP contribution < -0.4 is 15.4 Å². The smallest absolute Gasteiger partial charge is 0.191 e. The Morgan fingerprint density at radius 1 is 1.26 bits per heavy atom. The number of hydrogen-bond acceptors (Lipinski definition) is 4. The molecule has 2 aromatic rings. The van der Waals surface area contributed by atoms with E-state index in [-0.39, 0.29) is 0 Å². The number of aliphatic imine (C=N–C) groups is 1. The first-order valence-electron chi connectivity index (χ1n) is 7.34. The van der Waals surface area contributed by atoms with Gasteiger partial charge in [-0.1, -0.05) is 11.6 Å². The van der Waals surface area contributed by atoms with Crippen LogP contribution in [0.4, 0.5) is 0 Å². The molecule has 23 heavy (non-hydrogen) atoms. The molecule has 1 heterocycles. The number of guanidine groups is 1. The molecule has 0 aliphatic carbocycles. The van der Waals surface area contributed by atoms with Crippen LogP contribution in [0.25, 0.3) is 0 Å². The molecule has 0 saturated heterocycles. The van der Waals surface area contributed by atoms with Gasteiger partial charge in [0.1, 0.15) is 17.4 Å². The average Bonchev–Trinajstić information content (AvgIpc) is 2.87. The summed E-state index contributed by atoms with van der Waals surface area (Å²) in [5, 5.41) is 8.21. The molecule has 1 aromatic heterocycles. The monoisotopic (exact) mass is 352 g/mol. The zero-order chi connectivity index (χ0) is 16.7. The maximum atomic E-state index is 5.83. The lowest BCUT2D eigenvalue weighted by molar-refractivity contribution is 0.322. The van der Waals surface area contributed by atoms with Crippen LogP contribution >= 0.6 is 22.9 Å². The molecular formula is C16H21ClN4OS. The summed E-state index contributed by atoms with van der Waals surface area (Å²) in [7, 11) is 1.74. The summed E-state index contributed by atoms with van der Waals surface area (Å²) >= 11 is 7.54. The lowest BCUT2D eigenvalue weighted by Crippen LogP contribution is -2.38. The van der Waals surface area contributed by atoms with Gasteiger partial charge in [-0.15, -0.1) is 11.3 Å². The van der Waals surface area contributed by atoms with E-state index in [2.05, 4.69) is 27.5 Å². The van der Waals surface area contributed by atoms with Crippen LogP contribution in [0.1, 0.15) is 15.6 Å². The van der Waals surface area contributed by atoms with E-state index < -0.39 is 0 Å². The molecule has 0 aliphatic rings. The van der Waals surface area contributed by atoms with E-state index in [9.17, 15) is 0 Å². The summed E-state index contributed by atoms with van der Waals surface area (Å²) in [4.78, 5) is 9.94. The molecule has 0 bridgehead atoms. The van der Waals surface area contributed by atoms with E-state index in [1.165, 1.54) is 4.88 Å². The molecule has 0 aliphatic heterocycles. The molecule has 0 atom stereocenters. The first-order chi connectivity index (χ1) is 11.1. The van der Waals surface area contributed by atoms with E-state index in [1.54, 1.807) is 18.4 Å². The van der Waals surface area contributed by atoms with Crippen LogP contribution in [0.2, 0.25) is 5.02 Å². The van der Waals surface area contributed by atoms with Gasteiger partial charge in [0, 0.05) is 16.9 Å². The van der Waals surface area contributed by atoms with Gasteiger partial charge >= 0.3 is 0 Å². The topological polar surface area (TPSA) is 58.5 Å². The second-order valence-electron chi connectivity index (χ2n) is 4.90. The van der Waals surface area contributed by atoms with Crippen LogP contribution in [0.5, 0.6) is 5.75 Å². The van der Waals surface area contributed by atoms with Crippen molar-refractivity contribution in [1.29, 1.82) is 0 Å². The number of ether oxygens (including phenoxy) is 1. The summed E-state index contributed by atoms with van der Waals surface area (Å²) < 4.78 is 5.62. The van der Waals surface area contributed by atoms with E-state index in [0.717, 1.165) is 22.4 Å². The predicted octanol–water partition coefficient (Wildman–Crippen LogP) is 3.16. The molecule has 0 unspecified atom stereocenters. The normalized spacial score (nSPS) is 11.4. The van der Waals surface area contributed by atoms with Gasteiger partial charge in [0.25, 0.3) is 0 Å². The number of thiazole rings is 1. The Labute approximate surface area is 145 Å². The van der Waals surface area contributed by atoms with Crippen molar-refractivity contribution in [2.75, 3.05) is 20.2 Å². The minimum atomic E-state index is 0.539. The molecule has 0 fully saturated rings.